The van der Waals surface area contributed by atoms with Gasteiger partial charge in [0.15, 0.2) is 0 Å². The molecule has 0 aliphatic heterocycles. The normalized spacial score (nSPS) is 12.7. The summed E-state index contributed by atoms with van der Waals surface area (Å²) < 4.78 is 0. The summed E-state index contributed by atoms with van der Waals surface area (Å²) in [5.74, 6) is -0.217. The molecule has 0 heterocycles. The van der Waals surface area contributed by atoms with Gasteiger partial charge in [-0.25, -0.2) is 0 Å². The summed E-state index contributed by atoms with van der Waals surface area (Å²) in [5, 5.41) is 9.28. The maximum atomic E-state index is 11.3. The number of hydrogen-bond donors (Lipinski definition) is 2. The highest BCUT2D eigenvalue weighted by Gasteiger charge is 2.18. The minimum atomic E-state index is -0.921. The summed E-state index contributed by atoms with van der Waals surface area (Å²) >= 11 is 0. The number of nitrogens with zero attached hydrogens (tertiary/aromatic N) is 1. The number of aliphatic hydroxyl groups excluding tert-OH is 1. The van der Waals surface area contributed by atoms with Crippen LogP contribution in [0.25, 0.3) is 0 Å². The number of likely N-dealkylation sites (N-methyl/N-ethyl adjacent to an activating group) is 1. The van der Waals surface area contributed by atoms with Crippen LogP contribution in [0.5, 0.6) is 0 Å². The molecule has 4 nitrogen and oxygen atoms in total. The number of rotatable bonds is 5. The number of carbonyl (C=O) groups excluding carboxylic acids is 1. The molecule has 1 amide bonds. The van der Waals surface area contributed by atoms with Gasteiger partial charge in [-0.15, -0.1) is 0 Å². The lowest BCUT2D eigenvalue weighted by molar-refractivity contribution is -0.139. The maximum absolute atomic E-state index is 11.3. The van der Waals surface area contributed by atoms with E-state index in [0.717, 1.165) is 0 Å². The molecule has 1 atom stereocenters. The van der Waals surface area contributed by atoms with E-state index >= 15 is 0 Å². The molecule has 0 saturated carbocycles. The zero-order valence-corrected chi connectivity index (χ0v) is 7.79. The Hall–Kier alpha value is -0.610. The standard InChI is InChI=1S/C8H18N2O2/c1-3-10(4-2)8(12)7(11)5-6-9/h7,11H,3-6,9H2,1-2H3/t7-/m0/s1. The van der Waals surface area contributed by atoms with Gasteiger partial charge in [0.1, 0.15) is 6.10 Å². The van der Waals surface area contributed by atoms with E-state index in [1.807, 2.05) is 13.8 Å². The van der Waals surface area contributed by atoms with Crippen molar-refractivity contribution >= 4 is 5.91 Å². The topological polar surface area (TPSA) is 66.6 Å². The fourth-order valence-corrected chi connectivity index (χ4v) is 1.03. The molecule has 0 bridgehead atoms. The minimum absolute atomic E-state index is 0.217. The second-order valence-electron chi connectivity index (χ2n) is 2.60. The fourth-order valence-electron chi connectivity index (χ4n) is 1.03. The molecular formula is C8H18N2O2. The molecule has 0 spiro atoms. The molecule has 0 rings (SSSR count). The number of amides is 1. The van der Waals surface area contributed by atoms with Crippen LogP contribution in [-0.2, 0) is 4.79 Å². The molecule has 0 radical (unpaired) electrons. The molecule has 0 aliphatic rings. The van der Waals surface area contributed by atoms with Gasteiger partial charge in [-0.05, 0) is 26.8 Å². The van der Waals surface area contributed by atoms with Crippen LogP contribution in [0.15, 0.2) is 0 Å². The Morgan fingerprint density at radius 3 is 2.33 bits per heavy atom. The monoisotopic (exact) mass is 174 g/mol. The first-order valence-electron chi connectivity index (χ1n) is 4.34. The zero-order valence-electron chi connectivity index (χ0n) is 7.79. The molecule has 0 unspecified atom stereocenters. The zero-order chi connectivity index (χ0) is 9.56. The molecule has 0 aromatic heterocycles. The van der Waals surface area contributed by atoms with Crippen molar-refractivity contribution in [3.8, 4) is 0 Å². The van der Waals surface area contributed by atoms with E-state index < -0.39 is 6.10 Å². The van der Waals surface area contributed by atoms with Gasteiger partial charge in [0.05, 0.1) is 0 Å². The Morgan fingerprint density at radius 1 is 1.50 bits per heavy atom. The lowest BCUT2D eigenvalue weighted by Crippen LogP contribution is -2.39. The molecule has 0 saturated heterocycles. The summed E-state index contributed by atoms with van der Waals surface area (Å²) in [6.45, 7) is 5.38. The molecule has 0 fully saturated rings. The third-order valence-corrected chi connectivity index (χ3v) is 1.80. The van der Waals surface area contributed by atoms with Crippen molar-refractivity contribution in [2.45, 2.75) is 26.4 Å². The Balaban J connectivity index is 3.97. The predicted octanol–water partition coefficient (Wildman–Crippen LogP) is -0.435. The molecule has 0 aromatic carbocycles. The third-order valence-electron chi connectivity index (χ3n) is 1.80. The van der Waals surface area contributed by atoms with E-state index in [1.165, 1.54) is 0 Å². The van der Waals surface area contributed by atoms with E-state index in [0.29, 0.717) is 26.1 Å². The summed E-state index contributed by atoms with van der Waals surface area (Å²) in [5.41, 5.74) is 5.22. The van der Waals surface area contributed by atoms with Crippen LogP contribution in [0, 0.1) is 0 Å². The summed E-state index contributed by atoms with van der Waals surface area (Å²) in [4.78, 5) is 12.9. The first kappa shape index (κ1) is 11.4. The van der Waals surface area contributed by atoms with Crippen LogP contribution >= 0.6 is 0 Å². The highest BCUT2D eigenvalue weighted by molar-refractivity contribution is 5.80. The van der Waals surface area contributed by atoms with Crippen LogP contribution in [0.2, 0.25) is 0 Å². The van der Waals surface area contributed by atoms with Crippen molar-refractivity contribution in [3.05, 3.63) is 0 Å². The van der Waals surface area contributed by atoms with Crippen molar-refractivity contribution in [1.29, 1.82) is 0 Å². The van der Waals surface area contributed by atoms with Gasteiger partial charge in [0.2, 0.25) is 0 Å². The first-order chi connectivity index (χ1) is 5.67. The second-order valence-corrected chi connectivity index (χ2v) is 2.60. The largest absolute Gasteiger partial charge is 0.383 e. The number of aliphatic hydroxyl groups is 1. The summed E-state index contributed by atoms with van der Waals surface area (Å²) in [7, 11) is 0. The highest BCUT2D eigenvalue weighted by Crippen LogP contribution is 1.97. The molecule has 3 N–H and O–H groups in total. The number of carbonyl (C=O) groups is 1. The molecule has 12 heavy (non-hydrogen) atoms. The van der Waals surface area contributed by atoms with E-state index in [4.69, 9.17) is 5.73 Å². The van der Waals surface area contributed by atoms with Gasteiger partial charge in [-0.3, -0.25) is 4.79 Å². The Bertz CT molecular complexity index is 135. The van der Waals surface area contributed by atoms with Gasteiger partial charge in [-0.2, -0.15) is 0 Å². The average molecular weight is 174 g/mol. The average Bonchev–Trinajstić information content (AvgIpc) is 2.07. The Labute approximate surface area is 73.3 Å². The van der Waals surface area contributed by atoms with Gasteiger partial charge in [-0.1, -0.05) is 0 Å². The molecule has 4 heteroatoms. The Morgan fingerprint density at radius 2 is 2.00 bits per heavy atom. The number of hydrogen-bond acceptors (Lipinski definition) is 3. The van der Waals surface area contributed by atoms with Gasteiger partial charge >= 0.3 is 0 Å². The second kappa shape index (κ2) is 5.97. The maximum Gasteiger partial charge on any atom is 0.251 e. The third kappa shape index (κ3) is 3.19. The van der Waals surface area contributed by atoms with Crippen molar-refractivity contribution in [2.24, 2.45) is 5.73 Å². The SMILES string of the molecule is CCN(CC)C(=O)[C@@H](O)CCN. The Kier molecular flexibility index (Phi) is 5.66. The lowest BCUT2D eigenvalue weighted by atomic mass is 10.2. The van der Waals surface area contributed by atoms with Gasteiger partial charge in [0, 0.05) is 13.1 Å². The van der Waals surface area contributed by atoms with E-state index in [1.54, 1.807) is 4.90 Å². The molecular weight excluding hydrogens is 156 g/mol. The first-order valence-corrected chi connectivity index (χ1v) is 4.34. The van der Waals surface area contributed by atoms with E-state index in [9.17, 15) is 9.90 Å². The van der Waals surface area contributed by atoms with Crippen LogP contribution in [-0.4, -0.2) is 41.7 Å². The fraction of sp³-hybridized carbons (Fsp3) is 0.875. The van der Waals surface area contributed by atoms with Crippen LogP contribution in [0.1, 0.15) is 20.3 Å². The summed E-state index contributed by atoms with van der Waals surface area (Å²) in [6.07, 6.45) is -0.579. The number of nitrogens with two attached hydrogens (primary N) is 1. The minimum Gasteiger partial charge on any atom is -0.383 e. The van der Waals surface area contributed by atoms with E-state index in [2.05, 4.69) is 0 Å². The van der Waals surface area contributed by atoms with E-state index in [-0.39, 0.29) is 5.91 Å². The van der Waals surface area contributed by atoms with Gasteiger partial charge in [0.25, 0.3) is 5.91 Å². The van der Waals surface area contributed by atoms with Gasteiger partial charge < -0.3 is 15.7 Å². The van der Waals surface area contributed by atoms with Crippen LogP contribution in [0.3, 0.4) is 0 Å². The smallest absolute Gasteiger partial charge is 0.251 e. The summed E-state index contributed by atoms with van der Waals surface area (Å²) in [6, 6.07) is 0. The van der Waals surface area contributed by atoms with Crippen molar-refractivity contribution in [3.63, 3.8) is 0 Å². The quantitative estimate of drug-likeness (QED) is 0.594. The molecule has 0 aromatic rings. The van der Waals surface area contributed by atoms with Crippen LogP contribution in [0.4, 0.5) is 0 Å². The van der Waals surface area contributed by atoms with Crippen molar-refractivity contribution < 1.29 is 9.90 Å². The molecule has 72 valence electrons. The lowest BCUT2D eigenvalue weighted by Gasteiger charge is -2.21. The molecule has 0 aliphatic carbocycles. The van der Waals surface area contributed by atoms with Crippen LogP contribution < -0.4 is 5.73 Å². The predicted molar refractivity (Wildman–Crippen MR) is 47.6 cm³/mol. The van der Waals surface area contributed by atoms with Crippen molar-refractivity contribution in [2.75, 3.05) is 19.6 Å². The highest BCUT2D eigenvalue weighted by atomic mass is 16.3. The van der Waals surface area contributed by atoms with Crippen molar-refractivity contribution in [1.82, 2.24) is 4.90 Å².